The topological polar surface area (TPSA) is 52.0 Å². The predicted molar refractivity (Wildman–Crippen MR) is 101 cm³/mol. The molecule has 0 bridgehead atoms. The zero-order valence-electron chi connectivity index (χ0n) is 13.6. The van der Waals surface area contributed by atoms with Crippen molar-refractivity contribution in [3.05, 3.63) is 72.3 Å². The van der Waals surface area contributed by atoms with E-state index in [0.717, 1.165) is 12.8 Å². The first kappa shape index (κ1) is 18.2. The van der Waals surface area contributed by atoms with Gasteiger partial charge in [0.15, 0.2) is 0 Å². The van der Waals surface area contributed by atoms with Crippen molar-refractivity contribution in [3.63, 3.8) is 0 Å². The van der Waals surface area contributed by atoms with E-state index in [-0.39, 0.29) is 0 Å². The number of fused-ring (bicyclic) bond motifs is 1. The number of allylic oxidation sites excluding steroid dienone is 1. The van der Waals surface area contributed by atoms with Crippen LogP contribution in [0.4, 0.5) is 0 Å². The summed E-state index contributed by atoms with van der Waals surface area (Å²) in [6.45, 7) is 3.03. The maximum atomic E-state index is 9.40. The van der Waals surface area contributed by atoms with Crippen molar-refractivity contribution in [1.29, 1.82) is 0 Å². The molecule has 0 aliphatic rings. The maximum Gasteiger partial charge on any atom is 0.229 e. The minimum Gasteiger partial charge on any atom is -0.333 e. The highest BCUT2D eigenvalue weighted by atomic mass is 35.7. The van der Waals surface area contributed by atoms with Gasteiger partial charge >= 0.3 is 0 Å². The van der Waals surface area contributed by atoms with Crippen molar-refractivity contribution in [2.45, 2.75) is 13.5 Å². The lowest BCUT2D eigenvalue weighted by Gasteiger charge is -2.04. The van der Waals surface area contributed by atoms with Gasteiger partial charge in [-0.2, -0.15) is 0 Å². The Kier molecular flexibility index (Phi) is 6.17. The average Bonchev–Trinajstić information content (AvgIpc) is 2.98. The fourth-order valence-electron chi connectivity index (χ4n) is 2.30. The number of nitrogens with zero attached hydrogens (tertiary/aromatic N) is 2. The van der Waals surface area contributed by atoms with Crippen molar-refractivity contribution in [3.8, 4) is 0 Å². The van der Waals surface area contributed by atoms with E-state index in [4.69, 9.17) is 0 Å². The molecule has 0 atom stereocenters. The third-order valence-electron chi connectivity index (χ3n) is 3.18. The quantitative estimate of drug-likeness (QED) is 0.652. The van der Waals surface area contributed by atoms with Gasteiger partial charge in [-0.05, 0) is 29.3 Å². The van der Waals surface area contributed by atoms with E-state index in [0.29, 0.717) is 0 Å². The van der Waals surface area contributed by atoms with Crippen LogP contribution in [0.5, 0.6) is 0 Å². The minimum absolute atomic E-state index is 0.882. The van der Waals surface area contributed by atoms with E-state index in [1.807, 2.05) is 18.7 Å². The SMILES string of the molecule is C/C(=C\c1ccc2ccccc2c1)Cn1ccnc1.CS(=O)(=O)Cl. The van der Waals surface area contributed by atoms with Gasteiger partial charge < -0.3 is 4.57 Å². The third-order valence-corrected chi connectivity index (χ3v) is 3.18. The zero-order valence-corrected chi connectivity index (χ0v) is 15.1. The molecule has 0 unspecified atom stereocenters. The molecule has 0 aliphatic heterocycles. The summed E-state index contributed by atoms with van der Waals surface area (Å²) in [6.07, 6.45) is 8.79. The lowest BCUT2D eigenvalue weighted by molar-refractivity contribution is 0.615. The number of benzene rings is 2. The molecular formula is C18H19ClN2O2S. The van der Waals surface area contributed by atoms with Crippen LogP contribution in [0.3, 0.4) is 0 Å². The molecule has 2 aromatic carbocycles. The highest BCUT2D eigenvalue weighted by Crippen LogP contribution is 2.17. The number of hydrogen-bond acceptors (Lipinski definition) is 3. The summed E-state index contributed by atoms with van der Waals surface area (Å²) in [5, 5.41) is 2.57. The first-order valence-electron chi connectivity index (χ1n) is 7.32. The molecule has 0 radical (unpaired) electrons. The van der Waals surface area contributed by atoms with Gasteiger partial charge in [0.05, 0.1) is 12.6 Å². The highest BCUT2D eigenvalue weighted by Gasteiger charge is 1.96. The smallest absolute Gasteiger partial charge is 0.229 e. The van der Waals surface area contributed by atoms with Crippen LogP contribution < -0.4 is 0 Å². The Hall–Kier alpha value is -2.11. The average molecular weight is 363 g/mol. The molecule has 3 aromatic rings. The molecule has 0 aliphatic carbocycles. The van der Waals surface area contributed by atoms with Crippen LogP contribution in [0.1, 0.15) is 12.5 Å². The second-order valence-electron chi connectivity index (χ2n) is 5.51. The Balaban J connectivity index is 0.000000368. The molecule has 3 rings (SSSR count). The Morgan fingerprint density at radius 3 is 2.50 bits per heavy atom. The fraction of sp³-hybridized carbons (Fsp3) is 0.167. The monoisotopic (exact) mass is 362 g/mol. The van der Waals surface area contributed by atoms with Gasteiger partial charge in [0.1, 0.15) is 0 Å². The summed E-state index contributed by atoms with van der Waals surface area (Å²) in [7, 11) is 1.31. The van der Waals surface area contributed by atoms with Gasteiger partial charge in [-0.25, -0.2) is 13.4 Å². The van der Waals surface area contributed by atoms with Gasteiger partial charge in [0.2, 0.25) is 9.05 Å². The van der Waals surface area contributed by atoms with Gasteiger partial charge in [-0.3, -0.25) is 0 Å². The Morgan fingerprint density at radius 2 is 1.88 bits per heavy atom. The van der Waals surface area contributed by atoms with Crippen LogP contribution in [-0.4, -0.2) is 24.2 Å². The standard InChI is InChI=1S/C17H16N2.CH3ClO2S/c1-14(12-19-9-8-18-13-19)10-15-6-7-16-4-2-3-5-17(16)11-15;1-5(2,3)4/h2-11,13H,12H2,1H3;1H3/b14-10+;. The van der Waals surface area contributed by atoms with Gasteiger partial charge in [-0.15, -0.1) is 0 Å². The zero-order chi connectivity index (χ0) is 17.6. The van der Waals surface area contributed by atoms with Gasteiger partial charge in [-0.1, -0.05) is 48.0 Å². The molecular weight excluding hydrogens is 344 g/mol. The first-order chi connectivity index (χ1) is 11.3. The molecule has 4 nitrogen and oxygen atoms in total. The van der Waals surface area contributed by atoms with Crippen molar-refractivity contribution in [2.24, 2.45) is 0 Å². The van der Waals surface area contributed by atoms with Gasteiger partial charge in [0.25, 0.3) is 0 Å². The number of aromatic nitrogens is 2. The van der Waals surface area contributed by atoms with E-state index in [2.05, 4.69) is 75.7 Å². The summed E-state index contributed by atoms with van der Waals surface area (Å²) >= 11 is 0. The molecule has 126 valence electrons. The summed E-state index contributed by atoms with van der Waals surface area (Å²) in [5.41, 5.74) is 2.56. The van der Waals surface area contributed by atoms with Crippen LogP contribution in [-0.2, 0) is 15.6 Å². The van der Waals surface area contributed by atoms with Crippen molar-refractivity contribution in [1.82, 2.24) is 9.55 Å². The number of rotatable bonds is 3. The van der Waals surface area contributed by atoms with E-state index in [9.17, 15) is 8.42 Å². The summed E-state index contributed by atoms with van der Waals surface area (Å²) < 4.78 is 20.9. The number of halogens is 1. The van der Waals surface area contributed by atoms with E-state index in [1.54, 1.807) is 0 Å². The highest BCUT2D eigenvalue weighted by molar-refractivity contribution is 8.13. The molecule has 0 N–H and O–H groups in total. The lowest BCUT2D eigenvalue weighted by atomic mass is 10.1. The Labute approximate surface area is 146 Å². The van der Waals surface area contributed by atoms with E-state index < -0.39 is 9.05 Å². The fourth-order valence-corrected chi connectivity index (χ4v) is 2.30. The number of imidazole rings is 1. The second-order valence-corrected chi connectivity index (χ2v) is 8.56. The Bertz CT molecular complexity index is 925. The summed E-state index contributed by atoms with van der Waals surface area (Å²) in [4.78, 5) is 4.06. The van der Waals surface area contributed by atoms with E-state index in [1.165, 1.54) is 21.9 Å². The molecule has 0 fully saturated rings. The van der Waals surface area contributed by atoms with Crippen molar-refractivity contribution in [2.75, 3.05) is 6.26 Å². The first-order valence-corrected chi connectivity index (χ1v) is 10.0. The van der Waals surface area contributed by atoms with Crippen molar-refractivity contribution < 1.29 is 8.42 Å². The molecule has 0 saturated heterocycles. The minimum atomic E-state index is -3.19. The molecule has 0 spiro atoms. The molecule has 24 heavy (non-hydrogen) atoms. The van der Waals surface area contributed by atoms with Crippen molar-refractivity contribution >= 4 is 36.6 Å². The normalized spacial score (nSPS) is 11.9. The van der Waals surface area contributed by atoms with Crippen LogP contribution in [0.2, 0.25) is 0 Å². The van der Waals surface area contributed by atoms with Crippen LogP contribution >= 0.6 is 10.7 Å². The van der Waals surface area contributed by atoms with Crippen LogP contribution in [0.25, 0.3) is 16.8 Å². The molecule has 0 amide bonds. The van der Waals surface area contributed by atoms with Gasteiger partial charge in [0, 0.05) is 29.6 Å². The maximum absolute atomic E-state index is 9.40. The van der Waals surface area contributed by atoms with Crippen LogP contribution in [0, 0.1) is 0 Å². The summed E-state index contributed by atoms with van der Waals surface area (Å²) in [6, 6.07) is 15.0. The third kappa shape index (κ3) is 6.56. The predicted octanol–water partition coefficient (Wildman–Crippen LogP) is 4.32. The largest absolute Gasteiger partial charge is 0.333 e. The second kappa shape index (κ2) is 8.13. The Morgan fingerprint density at radius 1 is 1.21 bits per heavy atom. The van der Waals surface area contributed by atoms with E-state index >= 15 is 0 Å². The molecule has 1 heterocycles. The molecule has 6 heteroatoms. The summed E-state index contributed by atoms with van der Waals surface area (Å²) in [5.74, 6) is 0. The molecule has 0 saturated carbocycles. The number of hydrogen-bond donors (Lipinski definition) is 0. The lowest BCUT2D eigenvalue weighted by Crippen LogP contribution is -1.95. The van der Waals surface area contributed by atoms with Crippen LogP contribution in [0.15, 0.2) is 66.8 Å². The molecule has 1 aromatic heterocycles.